The lowest BCUT2D eigenvalue weighted by Crippen LogP contribution is -2.27. The number of aliphatic hydroxyl groups excluding tert-OH is 2. The first-order valence-corrected chi connectivity index (χ1v) is 5.76. The molecule has 0 fully saturated rings. The number of hydrogen-bond donors (Lipinski definition) is 3. The Balaban J connectivity index is 2.40. The number of benzene rings is 1. The molecule has 1 aromatic rings. The van der Waals surface area contributed by atoms with Crippen molar-refractivity contribution in [2.45, 2.75) is 13.0 Å². The number of carbonyl (C=O) groups is 1. The van der Waals surface area contributed by atoms with E-state index in [2.05, 4.69) is 5.32 Å². The molecule has 98 valence electrons. The smallest absolute Gasteiger partial charge is 0.257 e. The van der Waals surface area contributed by atoms with Crippen LogP contribution in [0.3, 0.4) is 0 Å². The topological polar surface area (TPSA) is 72.8 Å². The second kappa shape index (κ2) is 4.91. The molecule has 0 saturated heterocycles. The number of rotatable bonds is 4. The molecule has 0 aliphatic carbocycles. The molecule has 18 heavy (non-hydrogen) atoms. The summed E-state index contributed by atoms with van der Waals surface area (Å²) in [6.45, 7) is 2.60. The van der Waals surface area contributed by atoms with E-state index in [0.29, 0.717) is 24.5 Å². The minimum atomic E-state index is -1.31. The minimum absolute atomic E-state index is 0.0840. The van der Waals surface area contributed by atoms with Crippen molar-refractivity contribution < 1.29 is 19.4 Å². The predicted molar refractivity (Wildman–Crippen MR) is 65.0 cm³/mol. The van der Waals surface area contributed by atoms with Crippen LogP contribution in [0.4, 0.5) is 15.8 Å². The van der Waals surface area contributed by atoms with Crippen LogP contribution in [-0.2, 0) is 4.79 Å². The van der Waals surface area contributed by atoms with Crippen molar-refractivity contribution in [3.8, 4) is 0 Å². The highest BCUT2D eigenvalue weighted by atomic mass is 19.1. The molecule has 5 nitrogen and oxygen atoms in total. The van der Waals surface area contributed by atoms with E-state index in [1.165, 1.54) is 6.07 Å². The third-order valence-corrected chi connectivity index (χ3v) is 3.01. The van der Waals surface area contributed by atoms with Gasteiger partial charge in [-0.15, -0.1) is 0 Å². The maximum absolute atomic E-state index is 13.9. The average molecular weight is 254 g/mol. The van der Waals surface area contributed by atoms with Crippen LogP contribution in [0.15, 0.2) is 12.1 Å². The Bertz CT molecular complexity index is 479. The fourth-order valence-corrected chi connectivity index (χ4v) is 2.07. The van der Waals surface area contributed by atoms with E-state index < -0.39 is 17.8 Å². The Kier molecular flexibility index (Phi) is 3.49. The van der Waals surface area contributed by atoms with Gasteiger partial charge in [-0.1, -0.05) is 0 Å². The van der Waals surface area contributed by atoms with Gasteiger partial charge < -0.3 is 20.4 Å². The molecule has 1 unspecified atom stereocenters. The number of aliphatic hydroxyl groups is 2. The lowest BCUT2D eigenvalue weighted by molar-refractivity contribution is -0.123. The summed E-state index contributed by atoms with van der Waals surface area (Å²) in [6.07, 6.45) is -1.31. The summed E-state index contributed by atoms with van der Waals surface area (Å²) in [6, 6.07) is 2.64. The molecule has 1 aliphatic rings. The number of halogens is 1. The second-order valence-corrected chi connectivity index (χ2v) is 4.09. The van der Waals surface area contributed by atoms with E-state index >= 15 is 0 Å². The summed E-state index contributed by atoms with van der Waals surface area (Å²) in [7, 11) is 0. The van der Waals surface area contributed by atoms with Crippen LogP contribution < -0.4 is 10.2 Å². The standard InChI is InChI=1S/C12H15FN2O3/c1-2-15(3-4-16)10-6-9-7(5-8(10)13)11(17)12(18)14-9/h5-6,11,16-17H,2-4H2,1H3,(H,14,18). The van der Waals surface area contributed by atoms with Crippen LogP contribution in [0.25, 0.3) is 0 Å². The SMILES string of the molecule is CCN(CCO)c1cc2c(cc1F)C(O)C(=O)N2. The van der Waals surface area contributed by atoms with Gasteiger partial charge in [0.15, 0.2) is 6.10 Å². The Hall–Kier alpha value is -1.66. The quantitative estimate of drug-likeness (QED) is 0.737. The normalized spacial score (nSPS) is 17.6. The zero-order valence-corrected chi connectivity index (χ0v) is 9.98. The molecule has 0 aromatic heterocycles. The summed E-state index contributed by atoms with van der Waals surface area (Å²) < 4.78 is 13.9. The first kappa shape index (κ1) is 12.8. The Morgan fingerprint density at radius 3 is 2.83 bits per heavy atom. The minimum Gasteiger partial charge on any atom is -0.395 e. The molecule has 1 amide bonds. The Morgan fingerprint density at radius 1 is 1.50 bits per heavy atom. The number of anilines is 2. The number of fused-ring (bicyclic) bond motifs is 1. The highest BCUT2D eigenvalue weighted by Gasteiger charge is 2.30. The third-order valence-electron chi connectivity index (χ3n) is 3.01. The van der Waals surface area contributed by atoms with Crippen LogP contribution in [0.1, 0.15) is 18.6 Å². The van der Waals surface area contributed by atoms with Crippen LogP contribution in [-0.4, -0.2) is 35.8 Å². The average Bonchev–Trinajstić information content (AvgIpc) is 2.62. The van der Waals surface area contributed by atoms with E-state index in [9.17, 15) is 14.3 Å². The summed E-state index contributed by atoms with van der Waals surface area (Å²) in [5.74, 6) is -1.06. The molecule has 3 N–H and O–H groups in total. The lowest BCUT2D eigenvalue weighted by atomic mass is 10.1. The molecule has 1 aliphatic heterocycles. The molecule has 0 spiro atoms. The van der Waals surface area contributed by atoms with Crippen molar-refractivity contribution in [3.63, 3.8) is 0 Å². The maximum Gasteiger partial charge on any atom is 0.257 e. The summed E-state index contributed by atoms with van der Waals surface area (Å²) in [4.78, 5) is 12.9. The molecule has 6 heteroatoms. The fourth-order valence-electron chi connectivity index (χ4n) is 2.07. The Labute approximate surface area is 104 Å². The highest BCUT2D eigenvalue weighted by molar-refractivity contribution is 6.02. The van der Waals surface area contributed by atoms with E-state index in [4.69, 9.17) is 5.11 Å². The van der Waals surface area contributed by atoms with Gasteiger partial charge in [-0.25, -0.2) is 4.39 Å². The molecule has 0 radical (unpaired) electrons. The van der Waals surface area contributed by atoms with Crippen LogP contribution >= 0.6 is 0 Å². The zero-order valence-electron chi connectivity index (χ0n) is 9.98. The molecule has 2 rings (SSSR count). The molecular formula is C12H15FN2O3. The van der Waals surface area contributed by atoms with Gasteiger partial charge in [0.05, 0.1) is 12.3 Å². The molecule has 1 heterocycles. The maximum atomic E-state index is 13.9. The van der Waals surface area contributed by atoms with Crippen molar-refractivity contribution in [2.75, 3.05) is 29.9 Å². The van der Waals surface area contributed by atoms with Crippen molar-refractivity contribution >= 4 is 17.3 Å². The number of likely N-dealkylation sites (N-methyl/N-ethyl adjacent to an activating group) is 1. The molecule has 1 aromatic carbocycles. The Morgan fingerprint density at radius 2 is 2.22 bits per heavy atom. The monoisotopic (exact) mass is 254 g/mol. The van der Waals surface area contributed by atoms with Crippen LogP contribution in [0.5, 0.6) is 0 Å². The van der Waals surface area contributed by atoms with Gasteiger partial charge in [0.1, 0.15) is 5.82 Å². The number of nitrogens with zero attached hydrogens (tertiary/aromatic N) is 1. The summed E-state index contributed by atoms with van der Waals surface area (Å²) >= 11 is 0. The predicted octanol–water partition coefficient (Wildman–Crippen LogP) is 0.630. The molecule has 1 atom stereocenters. The largest absolute Gasteiger partial charge is 0.395 e. The van der Waals surface area contributed by atoms with E-state index in [-0.39, 0.29) is 12.2 Å². The van der Waals surface area contributed by atoms with Crippen molar-refractivity contribution in [1.82, 2.24) is 0 Å². The lowest BCUT2D eigenvalue weighted by Gasteiger charge is -2.23. The van der Waals surface area contributed by atoms with E-state index in [0.717, 1.165) is 6.07 Å². The van der Waals surface area contributed by atoms with E-state index in [1.54, 1.807) is 4.90 Å². The molecule has 0 bridgehead atoms. The molecular weight excluding hydrogens is 239 g/mol. The zero-order chi connectivity index (χ0) is 13.3. The van der Waals surface area contributed by atoms with Gasteiger partial charge in [-0.3, -0.25) is 4.79 Å². The number of nitrogens with one attached hydrogen (secondary N) is 1. The van der Waals surface area contributed by atoms with Gasteiger partial charge in [0.25, 0.3) is 5.91 Å². The molecule has 0 saturated carbocycles. The van der Waals surface area contributed by atoms with Gasteiger partial charge in [-0.2, -0.15) is 0 Å². The number of hydrogen-bond acceptors (Lipinski definition) is 4. The van der Waals surface area contributed by atoms with Crippen LogP contribution in [0.2, 0.25) is 0 Å². The second-order valence-electron chi connectivity index (χ2n) is 4.09. The summed E-state index contributed by atoms with van der Waals surface area (Å²) in [5, 5.41) is 20.9. The van der Waals surface area contributed by atoms with Gasteiger partial charge in [0, 0.05) is 24.3 Å². The first-order chi connectivity index (χ1) is 8.58. The van der Waals surface area contributed by atoms with E-state index in [1.807, 2.05) is 6.92 Å². The first-order valence-electron chi connectivity index (χ1n) is 5.76. The van der Waals surface area contributed by atoms with Crippen molar-refractivity contribution in [3.05, 3.63) is 23.5 Å². The van der Waals surface area contributed by atoms with Crippen molar-refractivity contribution in [1.29, 1.82) is 0 Å². The van der Waals surface area contributed by atoms with Crippen LogP contribution in [0, 0.1) is 5.82 Å². The van der Waals surface area contributed by atoms with Crippen molar-refractivity contribution in [2.24, 2.45) is 0 Å². The number of carbonyl (C=O) groups excluding carboxylic acids is 1. The third kappa shape index (κ3) is 2.04. The van der Waals surface area contributed by atoms with Gasteiger partial charge in [0.2, 0.25) is 0 Å². The number of amides is 1. The highest BCUT2D eigenvalue weighted by Crippen LogP contribution is 2.35. The summed E-state index contributed by atoms with van der Waals surface area (Å²) in [5.41, 5.74) is 0.973. The van der Waals surface area contributed by atoms with Gasteiger partial charge >= 0.3 is 0 Å². The van der Waals surface area contributed by atoms with Gasteiger partial charge in [-0.05, 0) is 19.1 Å². The fraction of sp³-hybridized carbons (Fsp3) is 0.417.